The molecule has 0 saturated carbocycles. The van der Waals surface area contributed by atoms with Crippen LogP contribution in [-0.4, -0.2) is 47.6 Å². The SMILES string of the molecule is CCS(=O)(=O)N1CC[C@@H](Oc2ncc(Cl)cn2)C1. The molecule has 1 aromatic rings. The summed E-state index contributed by atoms with van der Waals surface area (Å²) >= 11 is 5.66. The van der Waals surface area contributed by atoms with E-state index >= 15 is 0 Å². The Balaban J connectivity index is 1.96. The van der Waals surface area contributed by atoms with Crippen LogP contribution in [0.25, 0.3) is 0 Å². The molecule has 2 rings (SSSR count). The lowest BCUT2D eigenvalue weighted by Crippen LogP contribution is -2.32. The molecular weight excluding hydrogens is 278 g/mol. The first-order chi connectivity index (χ1) is 8.51. The Morgan fingerprint density at radius 3 is 2.78 bits per heavy atom. The third-order valence-electron chi connectivity index (χ3n) is 2.73. The van der Waals surface area contributed by atoms with Crippen LogP contribution in [0.3, 0.4) is 0 Å². The lowest BCUT2D eigenvalue weighted by Gasteiger charge is -2.15. The van der Waals surface area contributed by atoms with Gasteiger partial charge >= 0.3 is 6.01 Å². The molecule has 1 saturated heterocycles. The molecule has 1 aliphatic rings. The monoisotopic (exact) mass is 291 g/mol. The van der Waals surface area contributed by atoms with Crippen LogP contribution in [0.5, 0.6) is 6.01 Å². The topological polar surface area (TPSA) is 72.4 Å². The molecule has 8 heteroatoms. The van der Waals surface area contributed by atoms with Gasteiger partial charge in [-0.15, -0.1) is 0 Å². The first-order valence-electron chi connectivity index (χ1n) is 5.63. The summed E-state index contributed by atoms with van der Waals surface area (Å²) in [6, 6.07) is 0.222. The second kappa shape index (κ2) is 5.38. The van der Waals surface area contributed by atoms with Crippen LogP contribution >= 0.6 is 11.6 Å². The summed E-state index contributed by atoms with van der Waals surface area (Å²) in [4.78, 5) is 7.83. The zero-order chi connectivity index (χ0) is 13.2. The fourth-order valence-electron chi connectivity index (χ4n) is 1.74. The molecular formula is C10H14ClN3O3S. The van der Waals surface area contributed by atoms with Gasteiger partial charge in [-0.2, -0.15) is 4.31 Å². The smallest absolute Gasteiger partial charge is 0.316 e. The minimum atomic E-state index is -3.14. The van der Waals surface area contributed by atoms with Crippen molar-refractivity contribution in [1.29, 1.82) is 0 Å². The molecule has 0 radical (unpaired) electrons. The number of halogens is 1. The molecule has 1 atom stereocenters. The zero-order valence-electron chi connectivity index (χ0n) is 9.91. The lowest BCUT2D eigenvalue weighted by molar-refractivity contribution is 0.197. The zero-order valence-corrected chi connectivity index (χ0v) is 11.5. The minimum absolute atomic E-state index is 0.108. The second-order valence-corrected chi connectivity index (χ2v) is 6.66. The quantitative estimate of drug-likeness (QED) is 0.825. The Kier molecular flexibility index (Phi) is 4.04. The second-order valence-electron chi connectivity index (χ2n) is 3.97. The molecule has 0 aromatic carbocycles. The summed E-state index contributed by atoms with van der Waals surface area (Å²) in [6.07, 6.45) is 3.33. The van der Waals surface area contributed by atoms with E-state index in [0.29, 0.717) is 24.5 Å². The van der Waals surface area contributed by atoms with Gasteiger partial charge in [0.15, 0.2) is 0 Å². The van der Waals surface area contributed by atoms with Gasteiger partial charge in [0, 0.05) is 6.54 Å². The van der Waals surface area contributed by atoms with Crippen LogP contribution in [0.15, 0.2) is 12.4 Å². The van der Waals surface area contributed by atoms with E-state index in [1.807, 2.05) is 0 Å². The first-order valence-corrected chi connectivity index (χ1v) is 7.62. The van der Waals surface area contributed by atoms with E-state index in [9.17, 15) is 8.42 Å². The number of aromatic nitrogens is 2. The molecule has 2 heterocycles. The van der Waals surface area contributed by atoms with Crippen LogP contribution < -0.4 is 4.74 Å². The Bertz CT molecular complexity index is 506. The van der Waals surface area contributed by atoms with E-state index in [1.54, 1.807) is 6.92 Å². The van der Waals surface area contributed by atoms with Gasteiger partial charge in [-0.25, -0.2) is 18.4 Å². The van der Waals surface area contributed by atoms with Crippen LogP contribution in [0, 0.1) is 0 Å². The van der Waals surface area contributed by atoms with Crippen molar-refractivity contribution < 1.29 is 13.2 Å². The van der Waals surface area contributed by atoms with Gasteiger partial charge in [-0.3, -0.25) is 0 Å². The van der Waals surface area contributed by atoms with E-state index in [1.165, 1.54) is 16.7 Å². The normalized spacial score (nSPS) is 21.1. The van der Waals surface area contributed by atoms with Crippen molar-refractivity contribution in [2.24, 2.45) is 0 Å². The minimum Gasteiger partial charge on any atom is -0.459 e. The summed E-state index contributed by atoms with van der Waals surface area (Å²) in [5.74, 6) is 0.108. The highest BCUT2D eigenvalue weighted by atomic mass is 35.5. The van der Waals surface area contributed by atoms with Crippen molar-refractivity contribution in [3.63, 3.8) is 0 Å². The summed E-state index contributed by atoms with van der Waals surface area (Å²) in [5.41, 5.74) is 0. The van der Waals surface area contributed by atoms with Crippen LogP contribution in [0.1, 0.15) is 13.3 Å². The van der Waals surface area contributed by atoms with E-state index in [4.69, 9.17) is 16.3 Å². The van der Waals surface area contributed by atoms with Gasteiger partial charge in [0.25, 0.3) is 0 Å². The van der Waals surface area contributed by atoms with Crippen molar-refractivity contribution in [1.82, 2.24) is 14.3 Å². The Morgan fingerprint density at radius 2 is 2.17 bits per heavy atom. The summed E-state index contributed by atoms with van der Waals surface area (Å²) in [5, 5.41) is 0.434. The average molecular weight is 292 g/mol. The molecule has 0 aliphatic carbocycles. The fraction of sp³-hybridized carbons (Fsp3) is 0.600. The van der Waals surface area contributed by atoms with Crippen LogP contribution in [0.2, 0.25) is 5.02 Å². The Labute approximate surface area is 111 Å². The highest BCUT2D eigenvalue weighted by molar-refractivity contribution is 7.89. The standard InChI is InChI=1S/C10H14ClN3O3S/c1-2-18(15,16)14-4-3-9(7-14)17-10-12-5-8(11)6-13-10/h5-6,9H,2-4,7H2,1H3/t9-/m1/s1. The predicted octanol–water partition coefficient (Wildman–Crippen LogP) is 0.933. The van der Waals surface area contributed by atoms with E-state index < -0.39 is 10.0 Å². The molecule has 0 amide bonds. The number of nitrogens with zero attached hydrogens (tertiary/aromatic N) is 3. The summed E-state index contributed by atoms with van der Waals surface area (Å²) < 4.78 is 30.3. The number of rotatable bonds is 4. The summed E-state index contributed by atoms with van der Waals surface area (Å²) in [6.45, 7) is 2.46. The highest BCUT2D eigenvalue weighted by Crippen LogP contribution is 2.18. The van der Waals surface area contributed by atoms with Gasteiger partial charge in [0.05, 0.1) is 29.7 Å². The fourth-order valence-corrected chi connectivity index (χ4v) is 2.98. The summed E-state index contributed by atoms with van der Waals surface area (Å²) in [7, 11) is -3.14. The van der Waals surface area contributed by atoms with Crippen molar-refractivity contribution in [2.75, 3.05) is 18.8 Å². The van der Waals surface area contributed by atoms with Crippen molar-refractivity contribution in [3.05, 3.63) is 17.4 Å². The Hall–Kier alpha value is -0.920. The average Bonchev–Trinajstić information content (AvgIpc) is 2.81. The van der Waals surface area contributed by atoms with Gasteiger partial charge in [-0.05, 0) is 13.3 Å². The van der Waals surface area contributed by atoms with E-state index in [2.05, 4.69) is 9.97 Å². The molecule has 1 aliphatic heterocycles. The predicted molar refractivity (Wildman–Crippen MR) is 67.1 cm³/mol. The van der Waals surface area contributed by atoms with E-state index in [0.717, 1.165) is 0 Å². The third-order valence-corrected chi connectivity index (χ3v) is 4.78. The maximum atomic E-state index is 11.7. The molecule has 1 fully saturated rings. The molecule has 100 valence electrons. The van der Waals surface area contributed by atoms with Gasteiger partial charge in [-0.1, -0.05) is 11.6 Å². The van der Waals surface area contributed by atoms with E-state index in [-0.39, 0.29) is 17.9 Å². The lowest BCUT2D eigenvalue weighted by atomic mass is 10.3. The largest absolute Gasteiger partial charge is 0.459 e. The molecule has 0 unspecified atom stereocenters. The van der Waals surface area contributed by atoms with Gasteiger partial charge < -0.3 is 4.74 Å². The number of hydrogen-bond donors (Lipinski definition) is 0. The highest BCUT2D eigenvalue weighted by Gasteiger charge is 2.31. The number of sulfonamides is 1. The maximum absolute atomic E-state index is 11.7. The molecule has 0 N–H and O–H groups in total. The molecule has 0 spiro atoms. The third kappa shape index (κ3) is 3.09. The first kappa shape index (κ1) is 13.5. The molecule has 0 bridgehead atoms. The Morgan fingerprint density at radius 1 is 1.50 bits per heavy atom. The van der Waals surface area contributed by atoms with Crippen molar-refractivity contribution in [2.45, 2.75) is 19.4 Å². The molecule has 1 aromatic heterocycles. The number of ether oxygens (including phenoxy) is 1. The van der Waals surface area contributed by atoms with Gasteiger partial charge in [0.2, 0.25) is 10.0 Å². The molecule has 18 heavy (non-hydrogen) atoms. The van der Waals surface area contributed by atoms with Crippen molar-refractivity contribution in [3.8, 4) is 6.01 Å². The number of hydrogen-bond acceptors (Lipinski definition) is 5. The molecule has 6 nitrogen and oxygen atoms in total. The van der Waals surface area contributed by atoms with Crippen molar-refractivity contribution >= 4 is 21.6 Å². The van der Waals surface area contributed by atoms with Gasteiger partial charge in [0.1, 0.15) is 6.10 Å². The van der Waals surface area contributed by atoms with Crippen LogP contribution in [-0.2, 0) is 10.0 Å². The maximum Gasteiger partial charge on any atom is 0.316 e. The van der Waals surface area contributed by atoms with Crippen LogP contribution in [0.4, 0.5) is 0 Å².